The van der Waals surface area contributed by atoms with Crippen molar-refractivity contribution < 1.29 is 4.79 Å². The number of hydrogen-bond donors (Lipinski definition) is 1. The van der Waals surface area contributed by atoms with Crippen LogP contribution in [0.4, 0.5) is 0 Å². The summed E-state index contributed by atoms with van der Waals surface area (Å²) >= 11 is 0. The minimum absolute atomic E-state index is 0.0241. The van der Waals surface area contributed by atoms with Crippen molar-refractivity contribution in [3.05, 3.63) is 60.2 Å². The summed E-state index contributed by atoms with van der Waals surface area (Å²) in [5, 5.41) is 3.01. The summed E-state index contributed by atoms with van der Waals surface area (Å²) in [7, 11) is 3.99. The molecule has 0 fully saturated rings. The third-order valence-electron chi connectivity index (χ3n) is 3.27. The summed E-state index contributed by atoms with van der Waals surface area (Å²) in [4.78, 5) is 14.2. The van der Waals surface area contributed by atoms with Crippen LogP contribution < -0.4 is 5.32 Å². The molecule has 3 heteroatoms. The van der Waals surface area contributed by atoms with Crippen LogP contribution in [0, 0.1) is 0 Å². The Bertz CT molecular complexity index is 576. The van der Waals surface area contributed by atoms with E-state index in [0.29, 0.717) is 5.56 Å². The average Bonchev–Trinajstić information content (AvgIpc) is 2.47. The Morgan fingerprint density at radius 3 is 2.14 bits per heavy atom. The van der Waals surface area contributed by atoms with Gasteiger partial charge in [0.15, 0.2) is 0 Å². The highest BCUT2D eigenvalue weighted by Gasteiger charge is 2.10. The first-order valence-corrected chi connectivity index (χ1v) is 7.17. The van der Waals surface area contributed by atoms with Crippen LogP contribution in [0.1, 0.15) is 17.3 Å². The van der Waals surface area contributed by atoms with Gasteiger partial charge in [0.05, 0.1) is 0 Å². The van der Waals surface area contributed by atoms with Crippen molar-refractivity contribution in [3.63, 3.8) is 0 Å². The second-order valence-corrected chi connectivity index (χ2v) is 5.58. The van der Waals surface area contributed by atoms with E-state index in [-0.39, 0.29) is 11.9 Å². The summed E-state index contributed by atoms with van der Waals surface area (Å²) in [6.45, 7) is 2.84. The van der Waals surface area contributed by atoms with Crippen molar-refractivity contribution in [2.24, 2.45) is 0 Å². The topological polar surface area (TPSA) is 32.3 Å². The molecule has 0 aromatic heterocycles. The highest BCUT2D eigenvalue weighted by molar-refractivity contribution is 5.94. The molecule has 0 bridgehead atoms. The summed E-state index contributed by atoms with van der Waals surface area (Å²) < 4.78 is 0. The molecule has 0 aliphatic rings. The fourth-order valence-corrected chi connectivity index (χ4v) is 2.35. The van der Waals surface area contributed by atoms with Gasteiger partial charge in [-0.3, -0.25) is 4.79 Å². The van der Waals surface area contributed by atoms with Gasteiger partial charge in [0.2, 0.25) is 0 Å². The van der Waals surface area contributed by atoms with Crippen LogP contribution in [0.5, 0.6) is 0 Å². The van der Waals surface area contributed by atoms with Gasteiger partial charge in [-0.15, -0.1) is 0 Å². The summed E-state index contributed by atoms with van der Waals surface area (Å²) in [5.41, 5.74) is 2.97. The molecule has 2 aromatic carbocycles. The number of likely N-dealkylation sites (N-methyl/N-ethyl adjacent to an activating group) is 1. The molecule has 0 aliphatic carbocycles. The lowest BCUT2D eigenvalue weighted by Gasteiger charge is -2.18. The molecule has 2 rings (SSSR count). The minimum atomic E-state index is -0.0241. The van der Waals surface area contributed by atoms with Crippen molar-refractivity contribution in [1.29, 1.82) is 0 Å². The van der Waals surface area contributed by atoms with Gasteiger partial charge < -0.3 is 10.2 Å². The maximum Gasteiger partial charge on any atom is 0.251 e. The molecule has 21 heavy (non-hydrogen) atoms. The number of nitrogens with zero attached hydrogens (tertiary/aromatic N) is 1. The Hall–Kier alpha value is -2.13. The Morgan fingerprint density at radius 1 is 1.00 bits per heavy atom. The highest BCUT2D eigenvalue weighted by Crippen LogP contribution is 2.19. The lowest BCUT2D eigenvalue weighted by Crippen LogP contribution is -2.39. The number of nitrogens with one attached hydrogen (secondary N) is 1. The van der Waals surface area contributed by atoms with Gasteiger partial charge in [0.1, 0.15) is 0 Å². The van der Waals surface area contributed by atoms with Crippen LogP contribution in [0.25, 0.3) is 11.1 Å². The molecule has 1 amide bonds. The normalized spacial score (nSPS) is 12.2. The Labute approximate surface area is 126 Å². The Balaban J connectivity index is 2.03. The average molecular weight is 282 g/mol. The third kappa shape index (κ3) is 4.43. The highest BCUT2D eigenvalue weighted by atomic mass is 16.1. The van der Waals surface area contributed by atoms with E-state index in [9.17, 15) is 4.79 Å². The first kappa shape index (κ1) is 15.3. The molecule has 1 atom stereocenters. The maximum atomic E-state index is 12.2. The number of benzene rings is 2. The van der Waals surface area contributed by atoms with E-state index in [1.54, 1.807) is 0 Å². The van der Waals surface area contributed by atoms with Gasteiger partial charge in [-0.25, -0.2) is 0 Å². The van der Waals surface area contributed by atoms with E-state index >= 15 is 0 Å². The number of hydrogen-bond acceptors (Lipinski definition) is 2. The lowest BCUT2D eigenvalue weighted by atomic mass is 10.0. The number of carbonyl (C=O) groups excluding carboxylic acids is 1. The second-order valence-electron chi connectivity index (χ2n) is 5.58. The Kier molecular flexibility index (Phi) is 5.12. The first-order chi connectivity index (χ1) is 10.1. The van der Waals surface area contributed by atoms with E-state index in [1.807, 2.05) is 63.5 Å². The third-order valence-corrected chi connectivity index (χ3v) is 3.27. The molecule has 2 aromatic rings. The van der Waals surface area contributed by atoms with Crippen LogP contribution in [0.2, 0.25) is 0 Å². The minimum Gasteiger partial charge on any atom is -0.348 e. The monoisotopic (exact) mass is 282 g/mol. The van der Waals surface area contributed by atoms with Gasteiger partial charge in [0.25, 0.3) is 5.91 Å². The molecule has 0 aliphatic heterocycles. The molecule has 0 saturated heterocycles. The van der Waals surface area contributed by atoms with Crippen LogP contribution in [-0.2, 0) is 0 Å². The summed E-state index contributed by atoms with van der Waals surface area (Å²) in [6, 6.07) is 18.0. The fourth-order valence-electron chi connectivity index (χ4n) is 2.35. The predicted molar refractivity (Wildman–Crippen MR) is 87.4 cm³/mol. The first-order valence-electron chi connectivity index (χ1n) is 7.17. The van der Waals surface area contributed by atoms with E-state index in [1.165, 1.54) is 0 Å². The van der Waals surface area contributed by atoms with Crippen molar-refractivity contribution >= 4 is 5.91 Å². The van der Waals surface area contributed by atoms with E-state index in [0.717, 1.165) is 17.7 Å². The largest absolute Gasteiger partial charge is 0.348 e. The van der Waals surface area contributed by atoms with Gasteiger partial charge >= 0.3 is 0 Å². The van der Waals surface area contributed by atoms with Gasteiger partial charge in [-0.2, -0.15) is 0 Å². The van der Waals surface area contributed by atoms with E-state index in [2.05, 4.69) is 22.3 Å². The Morgan fingerprint density at radius 2 is 1.57 bits per heavy atom. The van der Waals surface area contributed by atoms with Crippen LogP contribution >= 0.6 is 0 Å². The van der Waals surface area contributed by atoms with Crippen molar-refractivity contribution in [2.45, 2.75) is 13.0 Å². The zero-order valence-electron chi connectivity index (χ0n) is 12.8. The van der Waals surface area contributed by atoms with E-state index in [4.69, 9.17) is 0 Å². The predicted octanol–water partition coefficient (Wildman–Crippen LogP) is 3.03. The zero-order chi connectivity index (χ0) is 15.2. The second kappa shape index (κ2) is 7.04. The molecular formula is C18H22N2O. The van der Waals surface area contributed by atoms with Crippen LogP contribution in [0.3, 0.4) is 0 Å². The van der Waals surface area contributed by atoms with E-state index < -0.39 is 0 Å². The number of rotatable bonds is 5. The molecule has 0 unspecified atom stereocenters. The SMILES string of the molecule is C[C@@H](CN(C)C)NC(=O)c1ccc(-c2ccccc2)cc1. The van der Waals surface area contributed by atoms with Gasteiger partial charge in [-0.1, -0.05) is 42.5 Å². The number of amides is 1. The standard InChI is InChI=1S/C18H22N2O/c1-14(13-20(2)3)19-18(21)17-11-9-16(10-12-17)15-7-5-4-6-8-15/h4-12,14H,13H2,1-3H3,(H,19,21)/t14-/m0/s1. The summed E-state index contributed by atoms with van der Waals surface area (Å²) in [5.74, 6) is -0.0241. The molecule has 3 nitrogen and oxygen atoms in total. The van der Waals surface area contributed by atoms with Crippen molar-refractivity contribution in [3.8, 4) is 11.1 Å². The smallest absolute Gasteiger partial charge is 0.251 e. The molecule has 110 valence electrons. The van der Waals surface area contributed by atoms with Crippen molar-refractivity contribution in [1.82, 2.24) is 10.2 Å². The van der Waals surface area contributed by atoms with Gasteiger partial charge in [-0.05, 0) is 44.3 Å². The fraction of sp³-hybridized carbons (Fsp3) is 0.278. The summed E-state index contributed by atoms with van der Waals surface area (Å²) in [6.07, 6.45) is 0. The molecular weight excluding hydrogens is 260 g/mol. The number of carbonyl (C=O) groups is 1. The molecule has 1 N–H and O–H groups in total. The molecule has 0 saturated carbocycles. The van der Waals surface area contributed by atoms with Crippen LogP contribution in [-0.4, -0.2) is 37.5 Å². The van der Waals surface area contributed by atoms with Crippen molar-refractivity contribution in [2.75, 3.05) is 20.6 Å². The molecule has 0 radical (unpaired) electrons. The maximum absolute atomic E-state index is 12.2. The molecule has 0 spiro atoms. The lowest BCUT2D eigenvalue weighted by molar-refractivity contribution is 0.0934. The van der Waals surface area contributed by atoms with Crippen LogP contribution in [0.15, 0.2) is 54.6 Å². The quantitative estimate of drug-likeness (QED) is 0.914. The van der Waals surface area contributed by atoms with Gasteiger partial charge in [0, 0.05) is 18.2 Å². The molecule has 0 heterocycles. The zero-order valence-corrected chi connectivity index (χ0v) is 12.8.